The molecule has 32 heavy (non-hydrogen) atoms. The summed E-state index contributed by atoms with van der Waals surface area (Å²) in [4.78, 5) is 12.0. The number of rotatable bonds is 7. The number of amides is 1. The summed E-state index contributed by atoms with van der Waals surface area (Å²) in [6, 6.07) is 23.0. The average Bonchev–Trinajstić information content (AvgIpc) is 2.79. The largest absolute Gasteiger partial charge is 0.376 e. The molecular weight excluding hydrogens is 424 g/mol. The van der Waals surface area contributed by atoms with Crippen molar-refractivity contribution in [3.8, 4) is 11.1 Å². The summed E-state index contributed by atoms with van der Waals surface area (Å²) < 4.78 is 20.1. The van der Waals surface area contributed by atoms with Crippen molar-refractivity contribution in [1.29, 1.82) is 0 Å². The van der Waals surface area contributed by atoms with E-state index in [1.807, 2.05) is 79.7 Å². The molecule has 0 saturated heterocycles. The highest BCUT2D eigenvalue weighted by molar-refractivity contribution is 7.78. The standard InChI is InChI=1S/C24H22N4O3S/c1-15(17-5-3-2-4-6-17)26-22-20-12-11-19(13-21(20)27-28-23(22)24(25)29)18-9-7-16(8-10-18)14-32(30)31/h2-13,15H,14H2,1H3,(H2,25,29)(H,26,27)(H,30,31)/t15-/m1/s1. The molecule has 1 heterocycles. The van der Waals surface area contributed by atoms with E-state index in [9.17, 15) is 9.00 Å². The molecule has 0 radical (unpaired) electrons. The number of aromatic nitrogens is 2. The van der Waals surface area contributed by atoms with Crippen LogP contribution in [0.3, 0.4) is 0 Å². The maximum atomic E-state index is 12.0. The van der Waals surface area contributed by atoms with Gasteiger partial charge in [0.25, 0.3) is 5.91 Å². The third-order valence-electron chi connectivity index (χ3n) is 5.23. The number of nitrogens with two attached hydrogens (primary N) is 1. The molecule has 162 valence electrons. The zero-order valence-electron chi connectivity index (χ0n) is 17.4. The molecule has 1 amide bonds. The molecule has 7 nitrogen and oxygen atoms in total. The summed E-state index contributed by atoms with van der Waals surface area (Å²) in [5.41, 5.74) is 10.5. The van der Waals surface area contributed by atoms with E-state index in [4.69, 9.17) is 10.3 Å². The Kier molecular flexibility index (Phi) is 6.25. The fraction of sp³-hybridized carbons (Fsp3) is 0.125. The van der Waals surface area contributed by atoms with E-state index in [1.54, 1.807) is 0 Å². The molecule has 0 aliphatic heterocycles. The minimum Gasteiger partial charge on any atom is -0.376 e. The Labute approximate surface area is 188 Å². The minimum absolute atomic E-state index is 0.0778. The van der Waals surface area contributed by atoms with Gasteiger partial charge < -0.3 is 15.6 Å². The van der Waals surface area contributed by atoms with Crippen LogP contribution in [-0.4, -0.2) is 24.9 Å². The van der Waals surface area contributed by atoms with Crippen molar-refractivity contribution >= 4 is 33.6 Å². The monoisotopic (exact) mass is 446 g/mol. The summed E-state index contributed by atoms with van der Waals surface area (Å²) in [6.07, 6.45) is 0. The van der Waals surface area contributed by atoms with Gasteiger partial charge in [-0.05, 0) is 41.3 Å². The SMILES string of the molecule is C[C@@H](Nc1c(C(N)=O)nnc2cc(-c3ccc(CS(=O)O)cc3)ccc12)c1ccccc1. The fourth-order valence-electron chi connectivity index (χ4n) is 3.58. The van der Waals surface area contributed by atoms with Gasteiger partial charge in [0.05, 0.1) is 17.0 Å². The number of carbonyl (C=O) groups excluding carboxylic acids is 1. The maximum absolute atomic E-state index is 12.0. The van der Waals surface area contributed by atoms with Gasteiger partial charge in [0, 0.05) is 11.4 Å². The van der Waals surface area contributed by atoms with Crippen molar-refractivity contribution in [2.45, 2.75) is 18.7 Å². The molecule has 4 aromatic rings. The molecule has 1 unspecified atom stereocenters. The Hall–Kier alpha value is -3.62. The Bertz CT molecular complexity index is 1290. The molecule has 4 N–H and O–H groups in total. The molecule has 3 aromatic carbocycles. The summed E-state index contributed by atoms with van der Waals surface area (Å²) in [5.74, 6) is -0.559. The predicted molar refractivity (Wildman–Crippen MR) is 126 cm³/mol. The van der Waals surface area contributed by atoms with Crippen molar-refractivity contribution < 1.29 is 13.6 Å². The van der Waals surface area contributed by atoms with Gasteiger partial charge in [-0.3, -0.25) is 4.79 Å². The van der Waals surface area contributed by atoms with E-state index >= 15 is 0 Å². The van der Waals surface area contributed by atoms with E-state index in [0.717, 1.165) is 27.6 Å². The first-order valence-corrected chi connectivity index (χ1v) is 11.3. The zero-order valence-corrected chi connectivity index (χ0v) is 18.2. The highest BCUT2D eigenvalue weighted by Gasteiger charge is 2.18. The lowest BCUT2D eigenvalue weighted by Gasteiger charge is -2.19. The lowest BCUT2D eigenvalue weighted by Crippen LogP contribution is -2.19. The van der Waals surface area contributed by atoms with Crippen molar-refractivity contribution in [3.05, 3.63) is 89.6 Å². The number of nitrogens with one attached hydrogen (secondary N) is 1. The molecule has 8 heteroatoms. The van der Waals surface area contributed by atoms with Crippen LogP contribution in [0, 0.1) is 0 Å². The quantitative estimate of drug-likeness (QED) is 0.365. The van der Waals surface area contributed by atoms with Gasteiger partial charge in [-0.15, -0.1) is 10.2 Å². The maximum Gasteiger partial charge on any atom is 0.271 e. The van der Waals surface area contributed by atoms with Crippen LogP contribution in [0.1, 0.15) is 34.6 Å². The Morgan fingerprint density at radius 2 is 1.72 bits per heavy atom. The van der Waals surface area contributed by atoms with Crippen LogP contribution in [0.2, 0.25) is 0 Å². The Morgan fingerprint density at radius 1 is 1.03 bits per heavy atom. The van der Waals surface area contributed by atoms with E-state index in [2.05, 4.69) is 15.5 Å². The summed E-state index contributed by atoms with van der Waals surface area (Å²) in [6.45, 7) is 2.00. The van der Waals surface area contributed by atoms with E-state index in [0.29, 0.717) is 11.2 Å². The Morgan fingerprint density at radius 3 is 2.38 bits per heavy atom. The second-order valence-corrected chi connectivity index (χ2v) is 8.39. The van der Waals surface area contributed by atoms with Crippen molar-refractivity contribution in [1.82, 2.24) is 10.2 Å². The number of nitrogens with zero attached hydrogens (tertiary/aromatic N) is 2. The topological polar surface area (TPSA) is 118 Å². The summed E-state index contributed by atoms with van der Waals surface area (Å²) >= 11 is -1.88. The molecule has 0 saturated carbocycles. The normalized spacial score (nSPS) is 12.9. The van der Waals surface area contributed by atoms with Gasteiger partial charge in [0.2, 0.25) is 0 Å². The summed E-state index contributed by atoms with van der Waals surface area (Å²) in [7, 11) is 0. The summed E-state index contributed by atoms with van der Waals surface area (Å²) in [5, 5.41) is 12.4. The number of hydrogen-bond donors (Lipinski definition) is 3. The first-order chi connectivity index (χ1) is 15.4. The van der Waals surface area contributed by atoms with E-state index in [-0.39, 0.29) is 17.5 Å². The van der Waals surface area contributed by atoms with Crippen LogP contribution in [0.15, 0.2) is 72.8 Å². The zero-order chi connectivity index (χ0) is 22.7. The smallest absolute Gasteiger partial charge is 0.271 e. The highest BCUT2D eigenvalue weighted by Crippen LogP contribution is 2.31. The predicted octanol–water partition coefficient (Wildman–Crippen LogP) is 4.29. The van der Waals surface area contributed by atoms with Crippen molar-refractivity contribution in [3.63, 3.8) is 0 Å². The lowest BCUT2D eigenvalue weighted by molar-refractivity contribution is 0.0995. The molecule has 1 aromatic heterocycles. The van der Waals surface area contributed by atoms with Crippen LogP contribution >= 0.6 is 0 Å². The second-order valence-electron chi connectivity index (χ2n) is 7.46. The first-order valence-electron chi connectivity index (χ1n) is 10.0. The van der Waals surface area contributed by atoms with Crippen LogP contribution in [0.5, 0.6) is 0 Å². The van der Waals surface area contributed by atoms with Gasteiger partial charge in [0.1, 0.15) is 0 Å². The number of benzene rings is 3. The Balaban J connectivity index is 1.72. The lowest BCUT2D eigenvalue weighted by atomic mass is 10.0. The fourth-order valence-corrected chi connectivity index (χ4v) is 4.06. The van der Waals surface area contributed by atoms with Crippen molar-refractivity contribution in [2.24, 2.45) is 5.73 Å². The molecule has 0 fully saturated rings. The molecule has 4 rings (SSSR count). The van der Waals surface area contributed by atoms with Gasteiger partial charge in [-0.2, -0.15) is 0 Å². The third-order valence-corrected chi connectivity index (χ3v) is 5.81. The van der Waals surface area contributed by atoms with Crippen LogP contribution in [-0.2, 0) is 16.8 Å². The van der Waals surface area contributed by atoms with Gasteiger partial charge in [0.15, 0.2) is 16.8 Å². The number of primary amides is 1. The van der Waals surface area contributed by atoms with Crippen LogP contribution < -0.4 is 11.1 Å². The first kappa shape index (κ1) is 21.6. The van der Waals surface area contributed by atoms with E-state index in [1.165, 1.54) is 0 Å². The van der Waals surface area contributed by atoms with Crippen LogP contribution in [0.25, 0.3) is 22.0 Å². The van der Waals surface area contributed by atoms with E-state index < -0.39 is 17.0 Å². The molecule has 0 bridgehead atoms. The van der Waals surface area contributed by atoms with Gasteiger partial charge in [-0.25, -0.2) is 4.21 Å². The number of hydrogen-bond acceptors (Lipinski definition) is 5. The number of anilines is 1. The minimum atomic E-state index is -1.88. The highest BCUT2D eigenvalue weighted by atomic mass is 32.2. The molecule has 0 aliphatic rings. The average molecular weight is 447 g/mol. The number of fused-ring (bicyclic) bond motifs is 1. The number of carbonyl (C=O) groups is 1. The molecule has 2 atom stereocenters. The molecular formula is C24H22N4O3S. The molecule has 0 spiro atoms. The molecule has 0 aliphatic carbocycles. The van der Waals surface area contributed by atoms with Crippen molar-refractivity contribution in [2.75, 3.05) is 5.32 Å². The van der Waals surface area contributed by atoms with Gasteiger partial charge >= 0.3 is 0 Å². The van der Waals surface area contributed by atoms with Crippen LogP contribution in [0.4, 0.5) is 5.69 Å². The van der Waals surface area contributed by atoms with Gasteiger partial charge in [-0.1, -0.05) is 60.7 Å². The second kappa shape index (κ2) is 9.25. The third kappa shape index (κ3) is 4.66.